The predicted octanol–water partition coefficient (Wildman–Crippen LogP) is 4.98. The number of H-pyrrole nitrogens is 1. The lowest BCUT2D eigenvalue weighted by Gasteiger charge is -2.42. The van der Waals surface area contributed by atoms with Gasteiger partial charge in [0, 0.05) is 17.6 Å². The highest BCUT2D eigenvalue weighted by Crippen LogP contribution is 2.41. The molecule has 0 saturated carbocycles. The largest absolute Gasteiger partial charge is 0.401 e. The van der Waals surface area contributed by atoms with Crippen molar-refractivity contribution in [2.45, 2.75) is 51.4 Å². The normalized spacial score (nSPS) is 20.7. The number of alkyl halides is 3. The zero-order valence-corrected chi connectivity index (χ0v) is 16.1. The molecule has 1 N–H and O–H groups in total. The molecule has 1 unspecified atom stereocenters. The molecule has 0 bridgehead atoms. The van der Waals surface area contributed by atoms with Crippen molar-refractivity contribution in [2.24, 2.45) is 0 Å². The molecule has 0 saturated heterocycles. The lowest BCUT2D eigenvalue weighted by Crippen LogP contribution is -2.47. The quantitative estimate of drug-likeness (QED) is 0.688. The monoisotopic (exact) mass is 388 g/mol. The number of fused-ring (bicyclic) bond motifs is 3. The zero-order valence-electron chi connectivity index (χ0n) is 16.1. The number of hydrogen-bond donors (Lipinski definition) is 1. The summed E-state index contributed by atoms with van der Waals surface area (Å²) in [5, 5.41) is 8.03. The summed E-state index contributed by atoms with van der Waals surface area (Å²) in [4.78, 5) is 6.09. The van der Waals surface area contributed by atoms with Gasteiger partial charge in [-0.1, -0.05) is 26.0 Å². The van der Waals surface area contributed by atoms with Crippen molar-refractivity contribution in [1.82, 2.24) is 20.1 Å². The Morgan fingerprint density at radius 1 is 1.18 bits per heavy atom. The standard InChI is InChI=1S/C21H23F3N4/c1-12(2)14-4-6-19(25-9-14)20-15-5-7-18-17(10-26-27-18)16(15)8-13(3)28(20)11-21(22,23)24/h4-7,9-10,12-13,20H,8,11H2,1-3H3,(H,26,27)/t13-,20?/m1/s1. The second-order valence-corrected chi connectivity index (χ2v) is 7.88. The molecule has 1 aliphatic heterocycles. The fourth-order valence-corrected chi connectivity index (χ4v) is 4.13. The van der Waals surface area contributed by atoms with Gasteiger partial charge in [-0.05, 0) is 48.1 Å². The van der Waals surface area contributed by atoms with E-state index in [0.29, 0.717) is 18.0 Å². The van der Waals surface area contributed by atoms with Gasteiger partial charge in [0.25, 0.3) is 0 Å². The minimum Gasteiger partial charge on any atom is -0.279 e. The molecule has 1 aliphatic rings. The Kier molecular flexibility index (Phi) is 4.65. The van der Waals surface area contributed by atoms with Crippen LogP contribution in [0.5, 0.6) is 0 Å². The highest BCUT2D eigenvalue weighted by Gasteiger charge is 2.41. The molecule has 7 heteroatoms. The Bertz CT molecular complexity index is 975. The number of aromatic nitrogens is 3. The third-order valence-corrected chi connectivity index (χ3v) is 5.58. The predicted molar refractivity (Wildman–Crippen MR) is 102 cm³/mol. The van der Waals surface area contributed by atoms with Crippen molar-refractivity contribution in [1.29, 1.82) is 0 Å². The average Bonchev–Trinajstić information content (AvgIpc) is 3.11. The van der Waals surface area contributed by atoms with E-state index in [1.54, 1.807) is 12.4 Å². The molecule has 2 aromatic heterocycles. The van der Waals surface area contributed by atoms with Crippen molar-refractivity contribution in [3.8, 4) is 0 Å². The number of aromatic amines is 1. The summed E-state index contributed by atoms with van der Waals surface area (Å²) in [5.41, 5.74) is 4.54. The van der Waals surface area contributed by atoms with Gasteiger partial charge in [0.05, 0.1) is 30.0 Å². The van der Waals surface area contributed by atoms with Crippen LogP contribution in [0.1, 0.15) is 55.1 Å². The summed E-state index contributed by atoms with van der Waals surface area (Å²) in [5.74, 6) is 0.316. The van der Waals surface area contributed by atoms with E-state index in [-0.39, 0.29) is 6.04 Å². The van der Waals surface area contributed by atoms with Crippen LogP contribution in [0.25, 0.3) is 10.9 Å². The SMILES string of the molecule is CC(C)c1ccc(C2c3ccc4[nH]ncc4c3C[C@@H](C)N2CC(F)(F)F)nc1. The molecule has 0 spiro atoms. The molecule has 3 heterocycles. The Morgan fingerprint density at radius 3 is 2.61 bits per heavy atom. The molecule has 4 rings (SSSR count). The van der Waals surface area contributed by atoms with Crippen molar-refractivity contribution in [3.05, 3.63) is 59.0 Å². The summed E-state index contributed by atoms with van der Waals surface area (Å²) < 4.78 is 40.1. The molecule has 148 valence electrons. The molecule has 0 radical (unpaired) electrons. The molecular weight excluding hydrogens is 365 g/mol. The molecule has 1 aromatic carbocycles. The van der Waals surface area contributed by atoms with Gasteiger partial charge in [0.15, 0.2) is 0 Å². The van der Waals surface area contributed by atoms with Crippen LogP contribution in [0.15, 0.2) is 36.7 Å². The first-order valence-corrected chi connectivity index (χ1v) is 9.48. The number of benzene rings is 1. The van der Waals surface area contributed by atoms with Gasteiger partial charge in [-0.15, -0.1) is 0 Å². The lowest BCUT2D eigenvalue weighted by molar-refractivity contribution is -0.155. The minimum atomic E-state index is -4.28. The van der Waals surface area contributed by atoms with E-state index in [1.165, 1.54) is 4.90 Å². The summed E-state index contributed by atoms with van der Waals surface area (Å²) in [6, 6.07) is 6.82. The third-order valence-electron chi connectivity index (χ3n) is 5.58. The first kappa shape index (κ1) is 18.9. The molecule has 2 atom stereocenters. The van der Waals surface area contributed by atoms with E-state index in [4.69, 9.17) is 0 Å². The van der Waals surface area contributed by atoms with Crippen molar-refractivity contribution in [2.75, 3.05) is 6.54 Å². The molecule has 3 aromatic rings. The number of rotatable bonds is 3. The van der Waals surface area contributed by atoms with E-state index < -0.39 is 18.8 Å². The highest BCUT2D eigenvalue weighted by atomic mass is 19.4. The van der Waals surface area contributed by atoms with E-state index >= 15 is 0 Å². The second kappa shape index (κ2) is 6.88. The summed E-state index contributed by atoms with van der Waals surface area (Å²) in [7, 11) is 0. The number of nitrogens with zero attached hydrogens (tertiary/aromatic N) is 3. The Balaban J connectivity index is 1.86. The van der Waals surface area contributed by atoms with Gasteiger partial charge in [-0.25, -0.2) is 0 Å². The maximum absolute atomic E-state index is 13.4. The van der Waals surface area contributed by atoms with Crippen LogP contribution < -0.4 is 0 Å². The molecule has 28 heavy (non-hydrogen) atoms. The lowest BCUT2D eigenvalue weighted by atomic mass is 9.85. The number of nitrogens with one attached hydrogen (secondary N) is 1. The van der Waals surface area contributed by atoms with Gasteiger partial charge < -0.3 is 0 Å². The molecule has 0 aliphatic carbocycles. The fraction of sp³-hybridized carbons (Fsp3) is 0.429. The van der Waals surface area contributed by atoms with Gasteiger partial charge in [0.2, 0.25) is 0 Å². The highest BCUT2D eigenvalue weighted by molar-refractivity contribution is 5.83. The van der Waals surface area contributed by atoms with Gasteiger partial charge in [-0.2, -0.15) is 18.3 Å². The van der Waals surface area contributed by atoms with Gasteiger partial charge in [0.1, 0.15) is 0 Å². The van der Waals surface area contributed by atoms with E-state index in [0.717, 1.165) is 27.6 Å². The number of pyridine rings is 1. The van der Waals surface area contributed by atoms with Crippen LogP contribution in [0, 0.1) is 0 Å². The Morgan fingerprint density at radius 2 is 1.96 bits per heavy atom. The van der Waals surface area contributed by atoms with Crippen LogP contribution in [0.2, 0.25) is 0 Å². The maximum Gasteiger partial charge on any atom is 0.401 e. The summed E-state index contributed by atoms with van der Waals surface area (Å²) in [6.45, 7) is 5.03. The smallest absolute Gasteiger partial charge is 0.279 e. The van der Waals surface area contributed by atoms with Crippen LogP contribution in [0.3, 0.4) is 0 Å². The number of hydrogen-bond acceptors (Lipinski definition) is 3. The van der Waals surface area contributed by atoms with Crippen LogP contribution >= 0.6 is 0 Å². The van der Waals surface area contributed by atoms with Crippen molar-refractivity contribution >= 4 is 10.9 Å². The van der Waals surface area contributed by atoms with Crippen molar-refractivity contribution < 1.29 is 13.2 Å². The topological polar surface area (TPSA) is 44.8 Å². The molecule has 0 fully saturated rings. The van der Waals surface area contributed by atoms with E-state index in [2.05, 4.69) is 29.0 Å². The third kappa shape index (κ3) is 3.39. The summed E-state index contributed by atoms with van der Waals surface area (Å²) >= 11 is 0. The summed E-state index contributed by atoms with van der Waals surface area (Å²) in [6.07, 6.45) is -0.196. The minimum absolute atomic E-state index is 0.272. The first-order chi connectivity index (χ1) is 13.2. The van der Waals surface area contributed by atoms with E-state index in [1.807, 2.05) is 31.2 Å². The van der Waals surface area contributed by atoms with Crippen LogP contribution in [-0.2, 0) is 6.42 Å². The second-order valence-electron chi connectivity index (χ2n) is 7.88. The van der Waals surface area contributed by atoms with Crippen LogP contribution in [-0.4, -0.2) is 38.8 Å². The molecular formula is C21H23F3N4. The maximum atomic E-state index is 13.4. The number of halogens is 3. The van der Waals surface area contributed by atoms with Gasteiger partial charge >= 0.3 is 6.18 Å². The Hall–Kier alpha value is -2.41. The molecule has 0 amide bonds. The van der Waals surface area contributed by atoms with Gasteiger partial charge in [-0.3, -0.25) is 15.0 Å². The zero-order chi connectivity index (χ0) is 20.1. The Labute approximate surface area is 161 Å². The van der Waals surface area contributed by atoms with E-state index in [9.17, 15) is 13.2 Å². The first-order valence-electron chi connectivity index (χ1n) is 9.48. The fourth-order valence-electron chi connectivity index (χ4n) is 4.13. The van der Waals surface area contributed by atoms with Crippen LogP contribution in [0.4, 0.5) is 13.2 Å². The van der Waals surface area contributed by atoms with Crippen molar-refractivity contribution in [3.63, 3.8) is 0 Å². The average molecular weight is 388 g/mol. The molecule has 4 nitrogen and oxygen atoms in total.